The Hall–Kier alpha value is -3.17. The summed E-state index contributed by atoms with van der Waals surface area (Å²) in [5, 5.41) is 1.31. The van der Waals surface area contributed by atoms with Gasteiger partial charge in [0.15, 0.2) is 5.16 Å². The van der Waals surface area contributed by atoms with E-state index in [-0.39, 0.29) is 16.8 Å². The van der Waals surface area contributed by atoms with Gasteiger partial charge in [-0.1, -0.05) is 41.6 Å². The van der Waals surface area contributed by atoms with Gasteiger partial charge in [-0.05, 0) is 37.3 Å². The minimum atomic E-state index is -0.248. The van der Waals surface area contributed by atoms with Crippen LogP contribution in [0.15, 0.2) is 58.5 Å². The molecular weight excluding hydrogens is 434 g/mol. The van der Waals surface area contributed by atoms with E-state index in [1.807, 2.05) is 45.3 Å². The van der Waals surface area contributed by atoms with Crippen molar-refractivity contribution in [2.45, 2.75) is 17.3 Å². The van der Waals surface area contributed by atoms with Gasteiger partial charge in [0, 0.05) is 19.1 Å². The molecule has 0 saturated heterocycles. The number of nitrogen functional groups attached to an aromatic ring is 1. The number of hydrogen-bond donors (Lipinski definition) is 1. The minimum Gasteiger partial charge on any atom is -0.368 e. The van der Waals surface area contributed by atoms with Gasteiger partial charge in [0.1, 0.15) is 5.82 Å². The zero-order valence-electron chi connectivity index (χ0n) is 17.2. The van der Waals surface area contributed by atoms with E-state index in [0.717, 1.165) is 0 Å². The van der Waals surface area contributed by atoms with Crippen LogP contribution in [0, 0.1) is 0 Å². The van der Waals surface area contributed by atoms with Crippen molar-refractivity contribution < 1.29 is 0 Å². The number of thioether (sulfide) groups is 1. The SMILES string of the molecule is CC(Sc1nc2ccccc2c(=O)n1-c1cccc(Cl)c1)c1nc(N)nc(N(C)C)n1. The molecule has 2 N–H and O–H groups in total. The smallest absolute Gasteiger partial charge is 0.266 e. The molecular formula is C21H20ClN7OS. The Labute approximate surface area is 188 Å². The molecule has 2 aromatic heterocycles. The fourth-order valence-electron chi connectivity index (χ4n) is 3.02. The molecule has 31 heavy (non-hydrogen) atoms. The highest BCUT2D eigenvalue weighted by Gasteiger charge is 2.20. The molecule has 2 heterocycles. The van der Waals surface area contributed by atoms with Gasteiger partial charge in [0.05, 0.1) is 21.8 Å². The third-order valence-corrected chi connectivity index (χ3v) is 5.80. The maximum atomic E-state index is 13.4. The standard InChI is InChI=1S/C21H20ClN7OS/c1-12(17-25-19(23)27-20(26-17)28(2)3)31-21-24-16-10-5-4-9-15(16)18(30)29(21)14-8-6-7-13(22)11-14/h4-12H,1-3H3,(H2,23,25,26,27). The second-order valence-corrected chi connectivity index (χ2v) is 8.78. The third kappa shape index (κ3) is 4.33. The number of nitrogens with zero attached hydrogens (tertiary/aromatic N) is 6. The molecule has 2 aromatic carbocycles. The van der Waals surface area contributed by atoms with Crippen LogP contribution in [-0.2, 0) is 0 Å². The Kier molecular flexibility index (Phi) is 5.79. The van der Waals surface area contributed by atoms with Crippen LogP contribution in [0.4, 0.5) is 11.9 Å². The molecule has 0 bridgehead atoms. The summed E-state index contributed by atoms with van der Waals surface area (Å²) >= 11 is 7.56. The van der Waals surface area contributed by atoms with Crippen molar-refractivity contribution in [1.29, 1.82) is 0 Å². The van der Waals surface area contributed by atoms with E-state index < -0.39 is 0 Å². The molecule has 0 fully saturated rings. The van der Waals surface area contributed by atoms with E-state index in [9.17, 15) is 4.79 Å². The van der Waals surface area contributed by atoms with E-state index in [2.05, 4.69) is 15.0 Å². The number of benzene rings is 2. The molecule has 0 aliphatic carbocycles. The lowest BCUT2D eigenvalue weighted by atomic mass is 10.2. The lowest BCUT2D eigenvalue weighted by Crippen LogP contribution is -2.22. The van der Waals surface area contributed by atoms with Crippen molar-refractivity contribution in [2.24, 2.45) is 0 Å². The molecule has 0 spiro atoms. The van der Waals surface area contributed by atoms with Gasteiger partial charge in [-0.15, -0.1) is 0 Å². The first-order valence-corrected chi connectivity index (χ1v) is 10.7. The largest absolute Gasteiger partial charge is 0.368 e. The molecule has 0 aliphatic rings. The summed E-state index contributed by atoms with van der Waals surface area (Å²) in [4.78, 5) is 32.8. The second-order valence-electron chi connectivity index (χ2n) is 7.04. The van der Waals surface area contributed by atoms with Crippen LogP contribution in [0.1, 0.15) is 18.0 Å². The monoisotopic (exact) mass is 453 g/mol. The topological polar surface area (TPSA) is 103 Å². The molecule has 1 atom stereocenters. The van der Waals surface area contributed by atoms with Crippen LogP contribution in [-0.4, -0.2) is 38.6 Å². The molecule has 158 valence electrons. The molecule has 1 unspecified atom stereocenters. The molecule has 0 saturated carbocycles. The average molecular weight is 454 g/mol. The Morgan fingerprint density at radius 1 is 1.06 bits per heavy atom. The number of aromatic nitrogens is 5. The number of fused-ring (bicyclic) bond motifs is 1. The summed E-state index contributed by atoms with van der Waals surface area (Å²) in [5.41, 5.74) is 6.96. The van der Waals surface area contributed by atoms with Gasteiger partial charge >= 0.3 is 0 Å². The Morgan fingerprint density at radius 3 is 2.58 bits per heavy atom. The van der Waals surface area contributed by atoms with E-state index in [1.165, 1.54) is 11.8 Å². The van der Waals surface area contributed by atoms with Crippen LogP contribution in [0.5, 0.6) is 0 Å². The molecule has 0 aliphatic heterocycles. The summed E-state index contributed by atoms with van der Waals surface area (Å²) in [6.45, 7) is 1.93. The highest BCUT2D eigenvalue weighted by atomic mass is 35.5. The van der Waals surface area contributed by atoms with Gasteiger partial charge in [0.25, 0.3) is 5.56 Å². The first-order valence-electron chi connectivity index (χ1n) is 9.46. The van der Waals surface area contributed by atoms with Gasteiger partial charge in [-0.3, -0.25) is 9.36 Å². The first kappa shape index (κ1) is 21.1. The number of anilines is 2. The van der Waals surface area contributed by atoms with Crippen molar-refractivity contribution >= 4 is 46.2 Å². The van der Waals surface area contributed by atoms with E-state index in [0.29, 0.717) is 38.5 Å². The van der Waals surface area contributed by atoms with Crippen molar-refractivity contribution in [3.63, 3.8) is 0 Å². The lowest BCUT2D eigenvalue weighted by molar-refractivity contribution is 0.806. The maximum absolute atomic E-state index is 13.4. The van der Waals surface area contributed by atoms with Crippen LogP contribution < -0.4 is 16.2 Å². The van der Waals surface area contributed by atoms with E-state index >= 15 is 0 Å². The van der Waals surface area contributed by atoms with Crippen molar-refractivity contribution in [1.82, 2.24) is 24.5 Å². The zero-order valence-corrected chi connectivity index (χ0v) is 18.7. The maximum Gasteiger partial charge on any atom is 0.266 e. The average Bonchev–Trinajstić information content (AvgIpc) is 2.73. The Morgan fingerprint density at radius 2 is 1.84 bits per heavy atom. The molecule has 0 amide bonds. The van der Waals surface area contributed by atoms with Gasteiger partial charge < -0.3 is 10.6 Å². The highest BCUT2D eigenvalue weighted by Crippen LogP contribution is 2.34. The van der Waals surface area contributed by atoms with Crippen LogP contribution in [0.3, 0.4) is 0 Å². The summed E-state index contributed by atoms with van der Waals surface area (Å²) in [5.74, 6) is 1.11. The fourth-order valence-corrected chi connectivity index (χ4v) is 4.18. The quantitative estimate of drug-likeness (QED) is 0.360. The van der Waals surface area contributed by atoms with Gasteiger partial charge in [0.2, 0.25) is 11.9 Å². The van der Waals surface area contributed by atoms with Crippen molar-refractivity contribution in [3.05, 3.63) is 69.7 Å². The predicted octanol–water partition coefficient (Wildman–Crippen LogP) is 3.73. The van der Waals surface area contributed by atoms with Gasteiger partial charge in [-0.25, -0.2) is 4.98 Å². The lowest BCUT2D eigenvalue weighted by Gasteiger charge is -2.17. The molecule has 4 rings (SSSR count). The van der Waals surface area contributed by atoms with Crippen LogP contribution in [0.2, 0.25) is 5.02 Å². The third-order valence-electron chi connectivity index (χ3n) is 4.52. The van der Waals surface area contributed by atoms with E-state index in [1.54, 1.807) is 33.7 Å². The summed E-state index contributed by atoms with van der Waals surface area (Å²) in [6.07, 6.45) is 0. The molecule has 0 radical (unpaired) electrons. The fraction of sp³-hybridized carbons (Fsp3) is 0.190. The van der Waals surface area contributed by atoms with E-state index in [4.69, 9.17) is 22.3 Å². The minimum absolute atomic E-state index is 0.139. The summed E-state index contributed by atoms with van der Waals surface area (Å²) < 4.78 is 1.56. The van der Waals surface area contributed by atoms with Crippen molar-refractivity contribution in [3.8, 4) is 5.69 Å². The second kappa shape index (κ2) is 8.52. The molecule has 10 heteroatoms. The number of halogens is 1. The number of para-hydroxylation sites is 1. The molecule has 4 aromatic rings. The Balaban J connectivity index is 1.85. The van der Waals surface area contributed by atoms with Crippen LogP contribution in [0.25, 0.3) is 16.6 Å². The summed E-state index contributed by atoms with van der Waals surface area (Å²) in [7, 11) is 3.66. The first-order chi connectivity index (χ1) is 14.8. The molecule has 8 nitrogen and oxygen atoms in total. The van der Waals surface area contributed by atoms with Crippen LogP contribution >= 0.6 is 23.4 Å². The summed E-state index contributed by atoms with van der Waals surface area (Å²) in [6, 6.07) is 14.4. The number of nitrogens with two attached hydrogens (primary N) is 1. The number of rotatable bonds is 5. The normalized spacial score (nSPS) is 12.1. The Bertz CT molecular complexity index is 1320. The zero-order chi connectivity index (χ0) is 22.1. The number of hydrogen-bond acceptors (Lipinski definition) is 8. The highest BCUT2D eigenvalue weighted by molar-refractivity contribution is 7.99. The van der Waals surface area contributed by atoms with Gasteiger partial charge in [-0.2, -0.15) is 15.0 Å². The predicted molar refractivity (Wildman–Crippen MR) is 125 cm³/mol. The van der Waals surface area contributed by atoms with Crippen molar-refractivity contribution in [2.75, 3.05) is 24.7 Å².